The van der Waals surface area contributed by atoms with Crippen LogP contribution in [0.3, 0.4) is 0 Å². The zero-order valence-corrected chi connectivity index (χ0v) is 11.4. The summed E-state index contributed by atoms with van der Waals surface area (Å²) in [5.74, 6) is 0.917. The van der Waals surface area contributed by atoms with Gasteiger partial charge in [-0.25, -0.2) is 0 Å². The van der Waals surface area contributed by atoms with Gasteiger partial charge < -0.3 is 4.90 Å². The quantitative estimate of drug-likeness (QED) is 0.522. The summed E-state index contributed by atoms with van der Waals surface area (Å²) >= 11 is 0. The molecule has 1 heteroatoms. The fourth-order valence-corrected chi connectivity index (χ4v) is 1.91. The molecule has 0 amide bonds. The van der Waals surface area contributed by atoms with Gasteiger partial charge in [0, 0.05) is 0 Å². The first-order valence-electron chi connectivity index (χ1n) is 6.96. The molecule has 0 heterocycles. The molecule has 0 fully saturated rings. The van der Waals surface area contributed by atoms with Crippen molar-refractivity contribution in [1.82, 2.24) is 4.90 Å². The van der Waals surface area contributed by atoms with Crippen LogP contribution in [-0.4, -0.2) is 24.5 Å². The fourth-order valence-electron chi connectivity index (χ4n) is 1.91. The first kappa shape index (κ1) is 15.0. The highest BCUT2D eigenvalue weighted by atomic mass is 15.1. The van der Waals surface area contributed by atoms with Gasteiger partial charge in [0.05, 0.1) is 0 Å². The molecule has 0 N–H and O–H groups in total. The molecule has 0 aromatic heterocycles. The lowest BCUT2D eigenvalue weighted by Gasteiger charge is -2.22. The Morgan fingerprint density at radius 3 is 2.07 bits per heavy atom. The molecule has 0 spiro atoms. The minimum atomic E-state index is 0.917. The zero-order chi connectivity index (χ0) is 11.5. The maximum atomic E-state index is 2.60. The van der Waals surface area contributed by atoms with Crippen LogP contribution in [0, 0.1) is 5.92 Å². The van der Waals surface area contributed by atoms with Crippen molar-refractivity contribution in [1.29, 1.82) is 0 Å². The molecule has 92 valence electrons. The molecule has 0 saturated heterocycles. The van der Waals surface area contributed by atoms with E-state index in [0.29, 0.717) is 0 Å². The molecule has 15 heavy (non-hydrogen) atoms. The summed E-state index contributed by atoms with van der Waals surface area (Å²) in [5.41, 5.74) is 0. The Hall–Kier alpha value is -0.0400. The maximum Gasteiger partial charge on any atom is -0.00163 e. The first-order valence-corrected chi connectivity index (χ1v) is 6.96. The molecule has 0 radical (unpaired) electrons. The van der Waals surface area contributed by atoms with Crippen LogP contribution in [0.25, 0.3) is 0 Å². The second kappa shape index (κ2) is 10.5. The zero-order valence-electron chi connectivity index (χ0n) is 11.4. The van der Waals surface area contributed by atoms with Gasteiger partial charge in [0.15, 0.2) is 0 Å². The molecule has 0 rings (SSSR count). The average Bonchev–Trinajstić information content (AvgIpc) is 2.26. The standard InChI is InChI=1S/C14H31N/c1-5-8-10-14(4)11-13-15(7-3)12-9-6-2/h14H,5-13H2,1-4H3. The van der Waals surface area contributed by atoms with Crippen molar-refractivity contribution >= 4 is 0 Å². The minimum Gasteiger partial charge on any atom is -0.304 e. The summed E-state index contributed by atoms with van der Waals surface area (Å²) in [6, 6.07) is 0. The molecule has 1 atom stereocenters. The molecular formula is C14H31N. The topological polar surface area (TPSA) is 3.24 Å². The lowest BCUT2D eigenvalue weighted by Crippen LogP contribution is -2.26. The number of rotatable bonds is 10. The lowest BCUT2D eigenvalue weighted by atomic mass is 10.0. The molecule has 1 nitrogen and oxygen atoms in total. The van der Waals surface area contributed by atoms with Crippen LogP contribution in [0.5, 0.6) is 0 Å². The van der Waals surface area contributed by atoms with Crippen LogP contribution in [-0.2, 0) is 0 Å². The van der Waals surface area contributed by atoms with Crippen LogP contribution < -0.4 is 0 Å². The Balaban J connectivity index is 3.50. The molecule has 0 aliphatic heterocycles. The van der Waals surface area contributed by atoms with E-state index in [4.69, 9.17) is 0 Å². The third-order valence-corrected chi connectivity index (χ3v) is 3.26. The van der Waals surface area contributed by atoms with E-state index in [1.165, 1.54) is 58.2 Å². The third kappa shape index (κ3) is 8.92. The molecule has 0 aromatic rings. The highest BCUT2D eigenvalue weighted by Gasteiger charge is 2.05. The second-order valence-electron chi connectivity index (χ2n) is 4.82. The minimum absolute atomic E-state index is 0.917. The molecule has 0 saturated carbocycles. The highest BCUT2D eigenvalue weighted by molar-refractivity contribution is 4.60. The SMILES string of the molecule is CCCCC(C)CCN(CC)CCCC. The van der Waals surface area contributed by atoms with Crippen molar-refractivity contribution in [2.24, 2.45) is 5.92 Å². The monoisotopic (exact) mass is 213 g/mol. The number of nitrogens with zero attached hydrogens (tertiary/aromatic N) is 1. The Bertz CT molecular complexity index is 123. The van der Waals surface area contributed by atoms with Crippen molar-refractivity contribution < 1.29 is 0 Å². The van der Waals surface area contributed by atoms with Gasteiger partial charge in [0.25, 0.3) is 0 Å². The first-order chi connectivity index (χ1) is 7.24. The maximum absolute atomic E-state index is 2.60. The summed E-state index contributed by atoms with van der Waals surface area (Å²) in [7, 11) is 0. The molecule has 0 aliphatic carbocycles. The van der Waals surface area contributed by atoms with Gasteiger partial charge in [-0.15, -0.1) is 0 Å². The van der Waals surface area contributed by atoms with E-state index in [0.717, 1.165) is 5.92 Å². The Kier molecular flexibility index (Phi) is 10.4. The van der Waals surface area contributed by atoms with E-state index >= 15 is 0 Å². The van der Waals surface area contributed by atoms with Crippen LogP contribution in [0.2, 0.25) is 0 Å². The van der Waals surface area contributed by atoms with Crippen molar-refractivity contribution in [2.45, 2.75) is 66.2 Å². The van der Waals surface area contributed by atoms with E-state index in [1.54, 1.807) is 0 Å². The Morgan fingerprint density at radius 2 is 1.53 bits per heavy atom. The van der Waals surface area contributed by atoms with Crippen molar-refractivity contribution in [2.75, 3.05) is 19.6 Å². The Morgan fingerprint density at radius 1 is 0.867 bits per heavy atom. The smallest absolute Gasteiger partial charge is 0.00163 e. The summed E-state index contributed by atoms with van der Waals surface area (Å²) in [5, 5.41) is 0. The summed E-state index contributed by atoms with van der Waals surface area (Å²) < 4.78 is 0. The number of hydrogen-bond acceptors (Lipinski definition) is 1. The highest BCUT2D eigenvalue weighted by Crippen LogP contribution is 2.12. The van der Waals surface area contributed by atoms with Gasteiger partial charge in [-0.2, -0.15) is 0 Å². The van der Waals surface area contributed by atoms with Gasteiger partial charge in [0.2, 0.25) is 0 Å². The van der Waals surface area contributed by atoms with E-state index in [9.17, 15) is 0 Å². The second-order valence-corrected chi connectivity index (χ2v) is 4.82. The van der Waals surface area contributed by atoms with E-state index in [-0.39, 0.29) is 0 Å². The molecule has 1 unspecified atom stereocenters. The van der Waals surface area contributed by atoms with E-state index in [2.05, 4.69) is 32.6 Å². The van der Waals surface area contributed by atoms with E-state index in [1.807, 2.05) is 0 Å². The lowest BCUT2D eigenvalue weighted by molar-refractivity contribution is 0.258. The number of hydrogen-bond donors (Lipinski definition) is 0. The molecule has 0 bridgehead atoms. The summed E-state index contributed by atoms with van der Waals surface area (Å²) in [4.78, 5) is 2.60. The fraction of sp³-hybridized carbons (Fsp3) is 1.00. The normalized spacial score (nSPS) is 13.4. The van der Waals surface area contributed by atoms with Crippen molar-refractivity contribution in [3.05, 3.63) is 0 Å². The molecule has 0 aromatic carbocycles. The average molecular weight is 213 g/mol. The van der Waals surface area contributed by atoms with Gasteiger partial charge in [-0.05, 0) is 38.4 Å². The largest absolute Gasteiger partial charge is 0.304 e. The molecular weight excluding hydrogens is 182 g/mol. The predicted octanol–water partition coefficient (Wildman–Crippen LogP) is 4.32. The Labute approximate surface area is 97.2 Å². The van der Waals surface area contributed by atoms with Gasteiger partial charge in [0.1, 0.15) is 0 Å². The van der Waals surface area contributed by atoms with E-state index < -0.39 is 0 Å². The van der Waals surface area contributed by atoms with Gasteiger partial charge in [-0.3, -0.25) is 0 Å². The van der Waals surface area contributed by atoms with Crippen LogP contribution in [0.1, 0.15) is 66.2 Å². The van der Waals surface area contributed by atoms with Gasteiger partial charge >= 0.3 is 0 Å². The third-order valence-electron chi connectivity index (χ3n) is 3.26. The van der Waals surface area contributed by atoms with Crippen molar-refractivity contribution in [3.63, 3.8) is 0 Å². The van der Waals surface area contributed by atoms with Crippen molar-refractivity contribution in [3.8, 4) is 0 Å². The van der Waals surface area contributed by atoms with Crippen LogP contribution in [0.15, 0.2) is 0 Å². The summed E-state index contributed by atoms with van der Waals surface area (Å²) in [6.45, 7) is 13.1. The molecule has 0 aliphatic rings. The van der Waals surface area contributed by atoms with Gasteiger partial charge in [-0.1, -0.05) is 53.4 Å². The number of unbranched alkanes of at least 4 members (excludes halogenated alkanes) is 2. The van der Waals surface area contributed by atoms with Crippen LogP contribution >= 0.6 is 0 Å². The van der Waals surface area contributed by atoms with Crippen LogP contribution in [0.4, 0.5) is 0 Å². The predicted molar refractivity (Wildman–Crippen MR) is 70.3 cm³/mol. The summed E-state index contributed by atoms with van der Waals surface area (Å²) in [6.07, 6.45) is 8.23.